The molecular formula is C18H15N7. The lowest BCUT2D eigenvalue weighted by molar-refractivity contribution is 0.740. The molecule has 2 aromatic heterocycles. The molecule has 0 spiro atoms. The van der Waals surface area contributed by atoms with Crippen molar-refractivity contribution in [3.8, 4) is 29.1 Å². The minimum absolute atomic E-state index is 0.0210. The third-order valence-electron chi connectivity index (χ3n) is 3.86. The molecule has 3 aromatic rings. The SMILES string of the molecule is Cc1c(-c2ccn(-c3ccc(NC=C(C#N)C#N)cc3)n2)cnn1C. The van der Waals surface area contributed by atoms with Gasteiger partial charge in [-0.05, 0) is 37.3 Å². The summed E-state index contributed by atoms with van der Waals surface area (Å²) in [5.74, 6) is 0. The number of allylic oxidation sites excluding steroid dienone is 1. The van der Waals surface area contributed by atoms with E-state index in [1.807, 2.05) is 61.4 Å². The summed E-state index contributed by atoms with van der Waals surface area (Å²) in [5, 5.41) is 29.2. The van der Waals surface area contributed by atoms with Gasteiger partial charge in [-0.15, -0.1) is 0 Å². The van der Waals surface area contributed by atoms with E-state index < -0.39 is 0 Å². The highest BCUT2D eigenvalue weighted by molar-refractivity contribution is 5.61. The number of rotatable bonds is 4. The molecule has 0 unspecified atom stereocenters. The number of nitrogens with zero attached hydrogens (tertiary/aromatic N) is 6. The number of aromatic nitrogens is 4. The minimum atomic E-state index is 0.0210. The Morgan fingerprint density at radius 1 is 1.16 bits per heavy atom. The van der Waals surface area contributed by atoms with Gasteiger partial charge in [0, 0.05) is 36.4 Å². The van der Waals surface area contributed by atoms with Gasteiger partial charge >= 0.3 is 0 Å². The van der Waals surface area contributed by atoms with Crippen molar-refractivity contribution in [2.75, 3.05) is 5.32 Å². The molecule has 0 aliphatic rings. The van der Waals surface area contributed by atoms with E-state index in [-0.39, 0.29) is 5.57 Å². The van der Waals surface area contributed by atoms with Crippen LogP contribution in [0.3, 0.4) is 0 Å². The van der Waals surface area contributed by atoms with Crippen LogP contribution in [0, 0.1) is 29.6 Å². The predicted molar refractivity (Wildman–Crippen MR) is 93.4 cm³/mol. The van der Waals surface area contributed by atoms with Crippen molar-refractivity contribution < 1.29 is 0 Å². The summed E-state index contributed by atoms with van der Waals surface area (Å²) in [6.45, 7) is 2.01. The molecular weight excluding hydrogens is 314 g/mol. The molecule has 0 amide bonds. The Labute approximate surface area is 145 Å². The topological polar surface area (TPSA) is 95.2 Å². The van der Waals surface area contributed by atoms with Gasteiger partial charge < -0.3 is 5.32 Å². The Morgan fingerprint density at radius 2 is 1.88 bits per heavy atom. The normalized spacial score (nSPS) is 9.92. The summed E-state index contributed by atoms with van der Waals surface area (Å²) in [7, 11) is 1.90. The van der Waals surface area contributed by atoms with Gasteiger partial charge in [-0.2, -0.15) is 20.7 Å². The van der Waals surface area contributed by atoms with Crippen LogP contribution in [0.15, 0.2) is 54.5 Å². The van der Waals surface area contributed by atoms with E-state index in [2.05, 4.69) is 15.5 Å². The Bertz CT molecular complexity index is 991. The first-order valence-corrected chi connectivity index (χ1v) is 7.54. The lowest BCUT2D eigenvalue weighted by Crippen LogP contribution is -1.96. The van der Waals surface area contributed by atoms with Crippen LogP contribution < -0.4 is 5.32 Å². The van der Waals surface area contributed by atoms with E-state index in [0.29, 0.717) is 0 Å². The number of nitrogens with one attached hydrogen (secondary N) is 1. The van der Waals surface area contributed by atoms with E-state index in [1.54, 1.807) is 16.8 Å². The van der Waals surface area contributed by atoms with Crippen LogP contribution in [0.25, 0.3) is 16.9 Å². The fraction of sp³-hybridized carbons (Fsp3) is 0.111. The molecule has 0 saturated heterocycles. The van der Waals surface area contributed by atoms with Crippen molar-refractivity contribution in [1.29, 1.82) is 10.5 Å². The summed E-state index contributed by atoms with van der Waals surface area (Å²) in [4.78, 5) is 0. The van der Waals surface area contributed by atoms with Gasteiger partial charge in [0.25, 0.3) is 0 Å². The van der Waals surface area contributed by atoms with Gasteiger partial charge in [0.1, 0.15) is 17.7 Å². The minimum Gasteiger partial charge on any atom is -0.360 e. The largest absolute Gasteiger partial charge is 0.360 e. The van der Waals surface area contributed by atoms with Crippen LogP contribution in [0.2, 0.25) is 0 Å². The standard InChI is InChI=1S/C18H15N7/c1-13-17(12-22-24(13)2)18-7-8-25(23-18)16-5-3-15(4-6-16)21-11-14(9-19)10-20/h3-8,11-12,21H,1-2H3. The quantitative estimate of drug-likeness (QED) is 0.743. The lowest BCUT2D eigenvalue weighted by atomic mass is 10.2. The molecule has 0 saturated carbocycles. The van der Waals surface area contributed by atoms with Crippen molar-refractivity contribution in [3.63, 3.8) is 0 Å². The van der Waals surface area contributed by atoms with Crippen LogP contribution in [-0.2, 0) is 7.05 Å². The third kappa shape index (κ3) is 3.26. The highest BCUT2D eigenvalue weighted by Gasteiger charge is 2.10. The maximum Gasteiger partial charge on any atom is 0.145 e. The molecule has 25 heavy (non-hydrogen) atoms. The number of hydrogen-bond acceptors (Lipinski definition) is 5. The highest BCUT2D eigenvalue weighted by atomic mass is 15.3. The van der Waals surface area contributed by atoms with Gasteiger partial charge in [-0.1, -0.05) is 0 Å². The number of benzene rings is 1. The first-order chi connectivity index (χ1) is 12.1. The van der Waals surface area contributed by atoms with Gasteiger partial charge in [0.2, 0.25) is 0 Å². The maximum absolute atomic E-state index is 8.72. The van der Waals surface area contributed by atoms with Gasteiger partial charge in [-0.25, -0.2) is 4.68 Å². The second-order valence-electron chi connectivity index (χ2n) is 5.39. The Hall–Kier alpha value is -3.84. The zero-order chi connectivity index (χ0) is 17.8. The van der Waals surface area contributed by atoms with Gasteiger partial charge in [0.05, 0.1) is 17.6 Å². The van der Waals surface area contributed by atoms with Gasteiger partial charge in [-0.3, -0.25) is 4.68 Å². The highest BCUT2D eigenvalue weighted by Crippen LogP contribution is 2.22. The smallest absolute Gasteiger partial charge is 0.145 e. The zero-order valence-corrected chi connectivity index (χ0v) is 13.8. The van der Waals surface area contributed by atoms with Crippen molar-refractivity contribution >= 4 is 5.69 Å². The third-order valence-corrected chi connectivity index (χ3v) is 3.86. The molecule has 1 aromatic carbocycles. The summed E-state index contributed by atoms with van der Waals surface area (Å²) in [6, 6.07) is 13.1. The van der Waals surface area contributed by atoms with E-state index in [9.17, 15) is 0 Å². The van der Waals surface area contributed by atoms with Crippen molar-refractivity contribution in [3.05, 3.63) is 60.2 Å². The summed E-state index contributed by atoms with van der Waals surface area (Å²) in [6.07, 6.45) is 5.09. The molecule has 122 valence electrons. The average molecular weight is 329 g/mol. The molecule has 3 rings (SSSR count). The number of aryl methyl sites for hydroxylation is 1. The number of anilines is 1. The summed E-state index contributed by atoms with van der Waals surface area (Å²) >= 11 is 0. The zero-order valence-electron chi connectivity index (χ0n) is 13.8. The van der Waals surface area contributed by atoms with Crippen LogP contribution in [-0.4, -0.2) is 19.6 Å². The summed E-state index contributed by atoms with van der Waals surface area (Å²) in [5.41, 5.74) is 4.63. The van der Waals surface area contributed by atoms with E-state index in [4.69, 9.17) is 10.5 Å². The summed E-state index contributed by atoms with van der Waals surface area (Å²) < 4.78 is 3.61. The second kappa shape index (κ2) is 6.73. The van der Waals surface area contributed by atoms with Crippen LogP contribution in [0.5, 0.6) is 0 Å². The Morgan fingerprint density at radius 3 is 2.48 bits per heavy atom. The Kier molecular flexibility index (Phi) is 4.32. The molecule has 0 aliphatic carbocycles. The molecule has 0 bridgehead atoms. The maximum atomic E-state index is 8.72. The second-order valence-corrected chi connectivity index (χ2v) is 5.39. The molecule has 0 radical (unpaired) electrons. The van der Waals surface area contributed by atoms with Crippen molar-refractivity contribution in [2.24, 2.45) is 7.05 Å². The first-order valence-electron chi connectivity index (χ1n) is 7.54. The molecule has 0 aliphatic heterocycles. The number of hydrogen-bond donors (Lipinski definition) is 1. The van der Waals surface area contributed by atoms with Crippen molar-refractivity contribution in [1.82, 2.24) is 19.6 Å². The monoisotopic (exact) mass is 329 g/mol. The first kappa shape index (κ1) is 16.0. The molecule has 7 nitrogen and oxygen atoms in total. The molecule has 0 fully saturated rings. The van der Waals surface area contributed by atoms with Gasteiger partial charge in [0.15, 0.2) is 0 Å². The van der Waals surface area contributed by atoms with Crippen LogP contribution >= 0.6 is 0 Å². The Balaban J connectivity index is 1.80. The fourth-order valence-corrected chi connectivity index (χ4v) is 2.32. The lowest BCUT2D eigenvalue weighted by Gasteiger charge is -2.04. The number of nitriles is 2. The van der Waals surface area contributed by atoms with E-state index in [0.717, 1.165) is 28.3 Å². The van der Waals surface area contributed by atoms with Crippen LogP contribution in [0.1, 0.15) is 5.69 Å². The molecule has 0 atom stereocenters. The van der Waals surface area contributed by atoms with E-state index >= 15 is 0 Å². The van der Waals surface area contributed by atoms with E-state index in [1.165, 1.54) is 6.20 Å². The molecule has 1 N–H and O–H groups in total. The van der Waals surface area contributed by atoms with Crippen LogP contribution in [0.4, 0.5) is 5.69 Å². The molecule has 7 heteroatoms. The fourth-order valence-electron chi connectivity index (χ4n) is 2.32. The average Bonchev–Trinajstić information content (AvgIpc) is 3.24. The van der Waals surface area contributed by atoms with Crippen molar-refractivity contribution in [2.45, 2.75) is 6.92 Å². The molecule has 2 heterocycles. The predicted octanol–water partition coefficient (Wildman–Crippen LogP) is 2.92.